The summed E-state index contributed by atoms with van der Waals surface area (Å²) in [5.74, 6) is 0.260. The third kappa shape index (κ3) is 2.74. The summed E-state index contributed by atoms with van der Waals surface area (Å²) in [6.07, 6.45) is 2.92. The largest absolute Gasteiger partial charge is 0.481 e. The van der Waals surface area contributed by atoms with Crippen LogP contribution in [0.3, 0.4) is 0 Å². The molecule has 0 aromatic heterocycles. The molecule has 0 aromatic rings. The molecule has 5 nitrogen and oxygen atoms in total. The SMILES string of the molecule is CCN1C(=O)N[C@@H]2CS[C@H](CCCCC(=O)O)[C@@H]21. The number of thioether (sulfide) groups is 1. The fourth-order valence-electron chi connectivity index (χ4n) is 2.84. The van der Waals surface area contributed by atoms with E-state index in [0.29, 0.717) is 11.3 Å². The molecule has 2 amide bonds. The van der Waals surface area contributed by atoms with Crippen molar-refractivity contribution in [3.05, 3.63) is 0 Å². The van der Waals surface area contributed by atoms with E-state index in [1.807, 2.05) is 23.6 Å². The Bertz CT molecular complexity index is 337. The number of rotatable bonds is 6. The standard InChI is InChI=1S/C12H20N2O3S/c1-2-14-11-8(13-12(14)17)7-18-9(11)5-3-4-6-10(15)16/h8-9,11H,2-7H2,1H3,(H,13,17)(H,15,16)/t8-,9-,11-/m1/s1. The maximum Gasteiger partial charge on any atom is 0.318 e. The van der Waals surface area contributed by atoms with Crippen LogP contribution in [0.15, 0.2) is 0 Å². The smallest absolute Gasteiger partial charge is 0.318 e. The summed E-state index contributed by atoms with van der Waals surface area (Å²) in [6, 6.07) is 0.646. The van der Waals surface area contributed by atoms with Crippen LogP contribution in [0.4, 0.5) is 4.79 Å². The number of hydrogen-bond acceptors (Lipinski definition) is 3. The Morgan fingerprint density at radius 3 is 3.00 bits per heavy atom. The number of carboxylic acids is 1. The number of aliphatic carboxylic acids is 1. The Hall–Kier alpha value is -0.910. The molecule has 102 valence electrons. The van der Waals surface area contributed by atoms with Crippen LogP contribution in [-0.4, -0.2) is 51.6 Å². The number of likely N-dealkylation sites (N-methyl/N-ethyl adjacent to an activating group) is 1. The lowest BCUT2D eigenvalue weighted by Gasteiger charge is -2.26. The van der Waals surface area contributed by atoms with Gasteiger partial charge in [-0.15, -0.1) is 0 Å². The van der Waals surface area contributed by atoms with Gasteiger partial charge in [-0.2, -0.15) is 11.8 Å². The van der Waals surface area contributed by atoms with Crippen molar-refractivity contribution in [1.29, 1.82) is 0 Å². The average molecular weight is 272 g/mol. The highest BCUT2D eigenvalue weighted by atomic mass is 32.2. The molecule has 3 atom stereocenters. The van der Waals surface area contributed by atoms with Crippen molar-refractivity contribution >= 4 is 23.8 Å². The van der Waals surface area contributed by atoms with Crippen molar-refractivity contribution in [3.63, 3.8) is 0 Å². The average Bonchev–Trinajstić information content (AvgIpc) is 2.82. The molecule has 2 N–H and O–H groups in total. The number of carbonyl (C=O) groups excluding carboxylic acids is 1. The molecule has 2 heterocycles. The van der Waals surface area contributed by atoms with E-state index < -0.39 is 5.97 Å². The summed E-state index contributed by atoms with van der Waals surface area (Å²) < 4.78 is 0. The van der Waals surface area contributed by atoms with Gasteiger partial charge in [0.15, 0.2) is 0 Å². The summed E-state index contributed by atoms with van der Waals surface area (Å²) in [5, 5.41) is 12.1. The Labute approximate surface area is 111 Å². The van der Waals surface area contributed by atoms with Crippen LogP contribution in [0.1, 0.15) is 32.6 Å². The first-order chi connectivity index (χ1) is 8.63. The second-order valence-corrected chi connectivity index (χ2v) is 6.12. The molecule has 0 aliphatic carbocycles. The lowest BCUT2D eigenvalue weighted by atomic mass is 10.0. The Kier molecular flexibility index (Phi) is 4.37. The molecule has 0 unspecified atom stereocenters. The maximum atomic E-state index is 11.7. The lowest BCUT2D eigenvalue weighted by Crippen LogP contribution is -2.40. The minimum atomic E-state index is -0.722. The summed E-state index contributed by atoms with van der Waals surface area (Å²) in [7, 11) is 0. The zero-order valence-corrected chi connectivity index (χ0v) is 11.4. The number of carbonyl (C=O) groups is 2. The summed E-state index contributed by atoms with van der Waals surface area (Å²) >= 11 is 1.91. The lowest BCUT2D eigenvalue weighted by molar-refractivity contribution is -0.137. The third-order valence-electron chi connectivity index (χ3n) is 3.68. The molecule has 2 rings (SSSR count). The van der Waals surface area contributed by atoms with Crippen LogP contribution in [0, 0.1) is 0 Å². The first-order valence-electron chi connectivity index (χ1n) is 6.54. The van der Waals surface area contributed by atoms with Crippen molar-refractivity contribution in [3.8, 4) is 0 Å². The van der Waals surface area contributed by atoms with Gasteiger partial charge in [0, 0.05) is 24.0 Å². The Morgan fingerprint density at radius 1 is 1.56 bits per heavy atom. The Balaban J connectivity index is 1.83. The molecule has 18 heavy (non-hydrogen) atoms. The number of urea groups is 1. The van der Waals surface area contributed by atoms with Gasteiger partial charge >= 0.3 is 12.0 Å². The molecule has 2 saturated heterocycles. The number of amides is 2. The van der Waals surface area contributed by atoms with E-state index in [1.54, 1.807) is 0 Å². The van der Waals surface area contributed by atoms with Crippen molar-refractivity contribution in [1.82, 2.24) is 10.2 Å². The minimum Gasteiger partial charge on any atom is -0.481 e. The van der Waals surface area contributed by atoms with Crippen LogP contribution in [0.5, 0.6) is 0 Å². The maximum absolute atomic E-state index is 11.7. The fraction of sp³-hybridized carbons (Fsp3) is 0.833. The van der Waals surface area contributed by atoms with Crippen molar-refractivity contribution in [2.75, 3.05) is 12.3 Å². The monoisotopic (exact) mass is 272 g/mol. The van der Waals surface area contributed by atoms with Gasteiger partial charge < -0.3 is 15.3 Å². The van der Waals surface area contributed by atoms with Crippen LogP contribution < -0.4 is 5.32 Å². The van der Waals surface area contributed by atoms with E-state index in [9.17, 15) is 9.59 Å². The molecule has 0 bridgehead atoms. The van der Waals surface area contributed by atoms with Crippen LogP contribution in [0.2, 0.25) is 0 Å². The topological polar surface area (TPSA) is 69.6 Å². The molecule has 2 fully saturated rings. The normalized spacial score (nSPS) is 30.4. The molecule has 0 radical (unpaired) electrons. The molecule has 0 spiro atoms. The van der Waals surface area contributed by atoms with Crippen LogP contribution >= 0.6 is 11.8 Å². The number of hydrogen-bond donors (Lipinski definition) is 2. The van der Waals surface area contributed by atoms with Crippen molar-refractivity contribution in [2.45, 2.75) is 49.9 Å². The van der Waals surface area contributed by atoms with Crippen LogP contribution in [-0.2, 0) is 4.79 Å². The second kappa shape index (κ2) is 5.82. The molecule has 0 saturated carbocycles. The van der Waals surface area contributed by atoms with E-state index in [4.69, 9.17) is 5.11 Å². The van der Waals surface area contributed by atoms with E-state index in [-0.39, 0.29) is 18.5 Å². The van der Waals surface area contributed by atoms with Crippen molar-refractivity contribution in [2.24, 2.45) is 0 Å². The Morgan fingerprint density at radius 2 is 2.33 bits per heavy atom. The summed E-state index contributed by atoms with van der Waals surface area (Å²) in [6.45, 7) is 2.76. The molecule has 2 aliphatic heterocycles. The van der Waals surface area contributed by atoms with E-state index in [2.05, 4.69) is 5.32 Å². The van der Waals surface area contributed by atoms with Crippen LogP contribution in [0.25, 0.3) is 0 Å². The highest BCUT2D eigenvalue weighted by Crippen LogP contribution is 2.37. The van der Waals surface area contributed by atoms with Gasteiger partial charge in [-0.3, -0.25) is 4.79 Å². The summed E-state index contributed by atoms with van der Waals surface area (Å²) in [4.78, 5) is 24.1. The predicted molar refractivity (Wildman–Crippen MR) is 70.8 cm³/mol. The molecule has 6 heteroatoms. The van der Waals surface area contributed by atoms with Gasteiger partial charge in [0.25, 0.3) is 0 Å². The van der Waals surface area contributed by atoms with E-state index >= 15 is 0 Å². The van der Waals surface area contributed by atoms with Gasteiger partial charge in [-0.1, -0.05) is 6.42 Å². The number of fused-ring (bicyclic) bond motifs is 1. The predicted octanol–water partition coefficient (Wildman–Crippen LogP) is 1.53. The molecule has 0 aromatic carbocycles. The minimum absolute atomic E-state index is 0.0586. The second-order valence-electron chi connectivity index (χ2n) is 4.84. The number of nitrogens with zero attached hydrogens (tertiary/aromatic N) is 1. The highest BCUT2D eigenvalue weighted by molar-refractivity contribution is 8.00. The van der Waals surface area contributed by atoms with Gasteiger partial charge in [0.05, 0.1) is 12.1 Å². The third-order valence-corrected chi connectivity index (χ3v) is 5.18. The van der Waals surface area contributed by atoms with E-state index in [1.165, 1.54) is 0 Å². The molecular weight excluding hydrogens is 252 g/mol. The van der Waals surface area contributed by atoms with Gasteiger partial charge in [-0.05, 0) is 19.8 Å². The molecular formula is C12H20N2O3S. The zero-order chi connectivity index (χ0) is 13.1. The fourth-order valence-corrected chi connectivity index (χ4v) is 4.44. The first kappa shape index (κ1) is 13.5. The number of nitrogens with one attached hydrogen (secondary N) is 1. The summed E-state index contributed by atoms with van der Waals surface area (Å²) in [5.41, 5.74) is 0. The highest BCUT2D eigenvalue weighted by Gasteiger charge is 2.47. The molecule has 2 aliphatic rings. The number of unbranched alkanes of at least 4 members (excludes halogenated alkanes) is 1. The quantitative estimate of drug-likeness (QED) is 0.568. The van der Waals surface area contributed by atoms with E-state index in [0.717, 1.165) is 31.6 Å². The number of carboxylic acid groups (broad SMARTS) is 1. The first-order valence-corrected chi connectivity index (χ1v) is 7.59. The van der Waals surface area contributed by atoms with Gasteiger partial charge in [-0.25, -0.2) is 4.79 Å². The zero-order valence-electron chi connectivity index (χ0n) is 10.6. The van der Waals surface area contributed by atoms with Gasteiger partial charge in [0.1, 0.15) is 0 Å². The van der Waals surface area contributed by atoms with Gasteiger partial charge in [0.2, 0.25) is 0 Å². The van der Waals surface area contributed by atoms with Crippen molar-refractivity contribution < 1.29 is 14.7 Å².